The van der Waals surface area contributed by atoms with E-state index in [4.69, 9.17) is 4.74 Å². The third-order valence-electron chi connectivity index (χ3n) is 3.65. The minimum Gasteiger partial charge on any atom is -0.385 e. The molecule has 0 aliphatic carbocycles. The van der Waals surface area contributed by atoms with Gasteiger partial charge in [0, 0.05) is 45.2 Å². The molecular formula is C15H24N2O. The monoisotopic (exact) mass is 248 g/mol. The summed E-state index contributed by atoms with van der Waals surface area (Å²) < 4.78 is 5.38. The summed E-state index contributed by atoms with van der Waals surface area (Å²) in [5.74, 6) is 0.756. The maximum absolute atomic E-state index is 5.38. The van der Waals surface area contributed by atoms with Crippen LogP contribution >= 0.6 is 0 Å². The van der Waals surface area contributed by atoms with Gasteiger partial charge in [-0.1, -0.05) is 0 Å². The second-order valence-corrected chi connectivity index (χ2v) is 5.33. The van der Waals surface area contributed by atoms with Crippen LogP contribution in [-0.4, -0.2) is 33.9 Å². The van der Waals surface area contributed by atoms with Crippen LogP contribution in [0.1, 0.15) is 18.4 Å². The maximum Gasteiger partial charge on any atom is 0.0469 e. The van der Waals surface area contributed by atoms with Crippen LogP contribution in [0.15, 0.2) is 18.2 Å². The second-order valence-electron chi connectivity index (χ2n) is 5.33. The molecule has 0 atom stereocenters. The van der Waals surface area contributed by atoms with E-state index in [1.807, 2.05) is 0 Å². The predicted molar refractivity (Wildman–Crippen MR) is 77.5 cm³/mol. The van der Waals surface area contributed by atoms with Gasteiger partial charge in [0.2, 0.25) is 0 Å². The van der Waals surface area contributed by atoms with Gasteiger partial charge in [0.15, 0.2) is 0 Å². The number of nitrogens with one attached hydrogen (secondary N) is 1. The third-order valence-corrected chi connectivity index (χ3v) is 3.65. The molecule has 1 fully saturated rings. The average molecular weight is 248 g/mol. The summed E-state index contributed by atoms with van der Waals surface area (Å²) in [6.07, 6.45) is 2.36. The molecule has 1 aliphatic rings. The molecule has 1 aliphatic heterocycles. The van der Waals surface area contributed by atoms with Crippen molar-refractivity contribution >= 4 is 11.4 Å². The fourth-order valence-electron chi connectivity index (χ4n) is 2.33. The molecule has 0 spiro atoms. The van der Waals surface area contributed by atoms with Crippen LogP contribution in [0.5, 0.6) is 0 Å². The highest BCUT2D eigenvalue weighted by Gasteiger charge is 2.13. The van der Waals surface area contributed by atoms with Gasteiger partial charge < -0.3 is 15.0 Å². The van der Waals surface area contributed by atoms with E-state index < -0.39 is 0 Å². The van der Waals surface area contributed by atoms with E-state index in [9.17, 15) is 0 Å². The van der Waals surface area contributed by atoms with E-state index >= 15 is 0 Å². The second kappa shape index (κ2) is 6.10. The quantitative estimate of drug-likeness (QED) is 0.886. The molecule has 0 bridgehead atoms. The first-order chi connectivity index (χ1) is 8.66. The molecule has 0 saturated carbocycles. The van der Waals surface area contributed by atoms with Crippen molar-refractivity contribution in [3.05, 3.63) is 23.8 Å². The van der Waals surface area contributed by atoms with Crippen molar-refractivity contribution in [1.82, 2.24) is 0 Å². The lowest BCUT2D eigenvalue weighted by Crippen LogP contribution is -2.22. The molecule has 1 N–H and O–H groups in total. The first-order valence-corrected chi connectivity index (χ1v) is 6.76. The minimum atomic E-state index is 0.756. The molecule has 0 radical (unpaired) electrons. The summed E-state index contributed by atoms with van der Waals surface area (Å²) in [6.45, 7) is 5.07. The van der Waals surface area contributed by atoms with Gasteiger partial charge in [-0.05, 0) is 49.4 Å². The van der Waals surface area contributed by atoms with Crippen LogP contribution in [0.4, 0.5) is 11.4 Å². The Balaban J connectivity index is 1.92. The lowest BCUT2D eigenvalue weighted by molar-refractivity contribution is 0.0699. The summed E-state index contributed by atoms with van der Waals surface area (Å²) in [5.41, 5.74) is 3.82. The Morgan fingerprint density at radius 3 is 2.61 bits per heavy atom. The van der Waals surface area contributed by atoms with Gasteiger partial charge in [-0.3, -0.25) is 0 Å². The summed E-state index contributed by atoms with van der Waals surface area (Å²) in [7, 11) is 4.15. The number of hydrogen-bond acceptors (Lipinski definition) is 3. The Labute approximate surface area is 110 Å². The average Bonchev–Trinajstić information content (AvgIpc) is 2.38. The van der Waals surface area contributed by atoms with Crippen molar-refractivity contribution in [2.75, 3.05) is 44.1 Å². The van der Waals surface area contributed by atoms with Crippen molar-refractivity contribution in [2.24, 2.45) is 5.92 Å². The highest BCUT2D eigenvalue weighted by molar-refractivity contribution is 5.59. The molecule has 1 aromatic rings. The fourth-order valence-corrected chi connectivity index (χ4v) is 2.33. The lowest BCUT2D eigenvalue weighted by atomic mass is 10.00. The topological polar surface area (TPSA) is 24.5 Å². The summed E-state index contributed by atoms with van der Waals surface area (Å²) >= 11 is 0. The Morgan fingerprint density at radius 1 is 1.28 bits per heavy atom. The Bertz CT molecular complexity index is 384. The standard InChI is InChI=1S/C15H24N2O/c1-12-10-14(17(2)3)4-5-15(12)16-11-13-6-8-18-9-7-13/h4-5,10,13,16H,6-9,11H2,1-3H3. The van der Waals surface area contributed by atoms with Gasteiger partial charge in [0.25, 0.3) is 0 Å². The number of aryl methyl sites for hydroxylation is 1. The van der Waals surface area contributed by atoms with Crippen LogP contribution in [0.2, 0.25) is 0 Å². The van der Waals surface area contributed by atoms with Crippen molar-refractivity contribution < 1.29 is 4.74 Å². The number of nitrogens with zero attached hydrogens (tertiary/aromatic N) is 1. The van der Waals surface area contributed by atoms with Crippen molar-refractivity contribution in [3.8, 4) is 0 Å². The third kappa shape index (κ3) is 3.39. The van der Waals surface area contributed by atoms with Crippen LogP contribution in [-0.2, 0) is 4.74 Å². The molecule has 1 saturated heterocycles. The number of hydrogen-bond donors (Lipinski definition) is 1. The van der Waals surface area contributed by atoms with Gasteiger partial charge in [0.05, 0.1) is 0 Å². The molecule has 2 rings (SSSR count). The summed E-state index contributed by atoms with van der Waals surface area (Å²) in [4.78, 5) is 2.13. The van der Waals surface area contributed by atoms with Crippen LogP contribution in [0.25, 0.3) is 0 Å². The summed E-state index contributed by atoms with van der Waals surface area (Å²) in [6, 6.07) is 6.58. The van der Waals surface area contributed by atoms with E-state index in [0.717, 1.165) is 25.7 Å². The first kappa shape index (κ1) is 13.2. The van der Waals surface area contributed by atoms with Crippen LogP contribution < -0.4 is 10.2 Å². The Morgan fingerprint density at radius 2 is 2.00 bits per heavy atom. The highest BCUT2D eigenvalue weighted by atomic mass is 16.5. The molecule has 0 aromatic heterocycles. The molecule has 0 unspecified atom stereocenters. The summed E-state index contributed by atoms with van der Waals surface area (Å²) in [5, 5.41) is 3.57. The zero-order chi connectivity index (χ0) is 13.0. The zero-order valence-electron chi connectivity index (χ0n) is 11.7. The number of anilines is 2. The van der Waals surface area contributed by atoms with Crippen molar-refractivity contribution in [3.63, 3.8) is 0 Å². The van der Waals surface area contributed by atoms with Gasteiger partial charge >= 0.3 is 0 Å². The van der Waals surface area contributed by atoms with E-state index in [1.165, 1.54) is 29.8 Å². The first-order valence-electron chi connectivity index (χ1n) is 6.76. The SMILES string of the molecule is Cc1cc(N(C)C)ccc1NCC1CCOCC1. The molecule has 3 heteroatoms. The molecule has 100 valence electrons. The van der Waals surface area contributed by atoms with Gasteiger partial charge in [-0.25, -0.2) is 0 Å². The van der Waals surface area contributed by atoms with Crippen molar-refractivity contribution in [1.29, 1.82) is 0 Å². The zero-order valence-corrected chi connectivity index (χ0v) is 11.7. The van der Waals surface area contributed by atoms with E-state index in [2.05, 4.69) is 49.4 Å². The molecular weight excluding hydrogens is 224 g/mol. The molecule has 18 heavy (non-hydrogen) atoms. The number of ether oxygens (including phenoxy) is 1. The van der Waals surface area contributed by atoms with E-state index in [1.54, 1.807) is 0 Å². The normalized spacial score (nSPS) is 16.6. The molecule has 1 aromatic carbocycles. The predicted octanol–water partition coefficient (Wildman–Crippen LogP) is 2.90. The Hall–Kier alpha value is -1.22. The van der Waals surface area contributed by atoms with Gasteiger partial charge in [-0.15, -0.1) is 0 Å². The van der Waals surface area contributed by atoms with Crippen LogP contribution in [0, 0.1) is 12.8 Å². The number of rotatable bonds is 4. The van der Waals surface area contributed by atoms with Gasteiger partial charge in [-0.2, -0.15) is 0 Å². The van der Waals surface area contributed by atoms with E-state index in [-0.39, 0.29) is 0 Å². The largest absolute Gasteiger partial charge is 0.385 e. The van der Waals surface area contributed by atoms with E-state index in [0.29, 0.717) is 0 Å². The highest BCUT2D eigenvalue weighted by Crippen LogP contribution is 2.22. The number of benzene rings is 1. The Kier molecular flexibility index (Phi) is 4.48. The van der Waals surface area contributed by atoms with Gasteiger partial charge in [0.1, 0.15) is 0 Å². The smallest absolute Gasteiger partial charge is 0.0469 e. The lowest BCUT2D eigenvalue weighted by Gasteiger charge is -2.23. The minimum absolute atomic E-state index is 0.756. The molecule has 0 amide bonds. The van der Waals surface area contributed by atoms with Crippen molar-refractivity contribution in [2.45, 2.75) is 19.8 Å². The van der Waals surface area contributed by atoms with Crippen LogP contribution in [0.3, 0.4) is 0 Å². The molecule has 1 heterocycles. The molecule has 3 nitrogen and oxygen atoms in total. The fraction of sp³-hybridized carbons (Fsp3) is 0.600. The maximum atomic E-state index is 5.38.